The SMILES string of the molecule is CCCCC(CC)Cc1ccc(C(CC(CC)CCCC)(c2ccccc2)c2ccccc2)c(CC(CC)CCCC)c1CC(CC)CCCC. The molecule has 0 saturated carbocycles. The van der Waals surface area contributed by atoms with Gasteiger partial charge < -0.3 is 0 Å². The average molecular weight is 693 g/mol. The largest absolute Gasteiger partial charge is 0.0654 e. The van der Waals surface area contributed by atoms with Crippen LogP contribution in [0.4, 0.5) is 0 Å². The summed E-state index contributed by atoms with van der Waals surface area (Å²) in [5.74, 6) is 2.92. The fourth-order valence-corrected chi connectivity index (χ4v) is 9.18. The van der Waals surface area contributed by atoms with Crippen LogP contribution in [0, 0.1) is 23.7 Å². The average Bonchev–Trinajstić information content (AvgIpc) is 3.18. The maximum Gasteiger partial charge on any atom is 0.0456 e. The van der Waals surface area contributed by atoms with Crippen LogP contribution in [0.25, 0.3) is 0 Å². The van der Waals surface area contributed by atoms with E-state index in [1.807, 2.05) is 0 Å². The summed E-state index contributed by atoms with van der Waals surface area (Å²) in [6.45, 7) is 19.3. The van der Waals surface area contributed by atoms with Crippen molar-refractivity contribution in [2.75, 3.05) is 0 Å². The fraction of sp³-hybridized carbons (Fsp3) is 0.647. The van der Waals surface area contributed by atoms with Crippen molar-refractivity contribution in [3.63, 3.8) is 0 Å². The van der Waals surface area contributed by atoms with E-state index in [2.05, 4.69) is 128 Å². The van der Waals surface area contributed by atoms with Crippen LogP contribution in [0.3, 0.4) is 0 Å². The zero-order chi connectivity index (χ0) is 36.9. The molecule has 4 atom stereocenters. The van der Waals surface area contributed by atoms with E-state index in [0.717, 1.165) is 17.8 Å². The molecule has 0 saturated heterocycles. The first-order valence-electron chi connectivity index (χ1n) is 22.2. The molecule has 0 heteroatoms. The summed E-state index contributed by atoms with van der Waals surface area (Å²) < 4.78 is 0. The van der Waals surface area contributed by atoms with Crippen molar-refractivity contribution in [3.05, 3.63) is 106 Å². The molecule has 0 bridgehead atoms. The molecule has 0 fully saturated rings. The number of hydrogen-bond donors (Lipinski definition) is 0. The number of hydrogen-bond acceptors (Lipinski definition) is 0. The van der Waals surface area contributed by atoms with Crippen LogP contribution < -0.4 is 0 Å². The molecular weight excluding hydrogens is 613 g/mol. The predicted molar refractivity (Wildman–Crippen MR) is 228 cm³/mol. The predicted octanol–water partition coefficient (Wildman–Crippen LogP) is 15.9. The van der Waals surface area contributed by atoms with Crippen molar-refractivity contribution in [3.8, 4) is 0 Å². The minimum atomic E-state index is -0.180. The van der Waals surface area contributed by atoms with E-state index in [0.29, 0.717) is 5.92 Å². The zero-order valence-corrected chi connectivity index (χ0v) is 34.9. The molecule has 51 heavy (non-hydrogen) atoms. The van der Waals surface area contributed by atoms with Gasteiger partial charge in [0.1, 0.15) is 0 Å². The Hall–Kier alpha value is -2.34. The first-order chi connectivity index (χ1) is 24.9. The topological polar surface area (TPSA) is 0 Å². The summed E-state index contributed by atoms with van der Waals surface area (Å²) in [5.41, 5.74) is 9.62. The minimum Gasteiger partial charge on any atom is -0.0654 e. The van der Waals surface area contributed by atoms with Gasteiger partial charge >= 0.3 is 0 Å². The third kappa shape index (κ3) is 12.4. The van der Waals surface area contributed by atoms with E-state index in [1.54, 1.807) is 22.3 Å². The summed E-state index contributed by atoms with van der Waals surface area (Å²) >= 11 is 0. The lowest BCUT2D eigenvalue weighted by Gasteiger charge is -2.42. The van der Waals surface area contributed by atoms with Gasteiger partial charge in [0, 0.05) is 5.41 Å². The molecule has 0 aromatic heterocycles. The molecule has 0 amide bonds. The van der Waals surface area contributed by atoms with Crippen LogP contribution in [0.15, 0.2) is 72.8 Å². The fourth-order valence-electron chi connectivity index (χ4n) is 9.18. The monoisotopic (exact) mass is 693 g/mol. The quantitative estimate of drug-likeness (QED) is 0.0698. The van der Waals surface area contributed by atoms with Crippen molar-refractivity contribution in [2.45, 2.75) is 189 Å². The van der Waals surface area contributed by atoms with Crippen LogP contribution in [0.5, 0.6) is 0 Å². The van der Waals surface area contributed by atoms with Gasteiger partial charge in [-0.15, -0.1) is 0 Å². The van der Waals surface area contributed by atoms with Gasteiger partial charge in [-0.3, -0.25) is 0 Å². The van der Waals surface area contributed by atoms with Crippen molar-refractivity contribution in [1.82, 2.24) is 0 Å². The molecule has 0 nitrogen and oxygen atoms in total. The van der Waals surface area contributed by atoms with Crippen molar-refractivity contribution in [1.29, 1.82) is 0 Å². The highest BCUT2D eigenvalue weighted by atomic mass is 14.4. The highest BCUT2D eigenvalue weighted by Gasteiger charge is 2.41. The Morgan fingerprint density at radius 2 is 0.804 bits per heavy atom. The summed E-state index contributed by atoms with van der Waals surface area (Å²) in [6, 6.07) is 28.9. The standard InChI is InChI=1S/C51H80/c1-9-17-27-41(13-5)37-45-35-36-50(49(39-43(15-7)29-19-11-3)48(45)38-42(14-6)28-18-10-2)51(46-31-23-21-24-32-46,47-33-25-22-26-34-47)40-44(16-8)30-20-12-4/h21-26,31-36,41-44H,9-20,27-30,37-40H2,1-8H3. The Morgan fingerprint density at radius 3 is 1.22 bits per heavy atom. The zero-order valence-electron chi connectivity index (χ0n) is 34.9. The van der Waals surface area contributed by atoms with Crippen LogP contribution in [0.1, 0.15) is 198 Å². The van der Waals surface area contributed by atoms with E-state index in [9.17, 15) is 0 Å². The first-order valence-corrected chi connectivity index (χ1v) is 22.2. The van der Waals surface area contributed by atoms with E-state index in [-0.39, 0.29) is 5.41 Å². The summed E-state index contributed by atoms with van der Waals surface area (Å²) in [7, 11) is 0. The molecule has 3 rings (SSSR count). The smallest absolute Gasteiger partial charge is 0.0456 e. The van der Waals surface area contributed by atoms with Gasteiger partial charge in [-0.25, -0.2) is 0 Å². The molecule has 4 unspecified atom stereocenters. The molecule has 0 heterocycles. The number of unbranched alkanes of at least 4 members (excludes halogenated alkanes) is 4. The lowest BCUT2D eigenvalue weighted by atomic mass is 9.61. The van der Waals surface area contributed by atoms with Gasteiger partial charge in [0.15, 0.2) is 0 Å². The lowest BCUT2D eigenvalue weighted by Crippen LogP contribution is -2.34. The molecule has 3 aromatic carbocycles. The maximum absolute atomic E-state index is 2.69. The minimum absolute atomic E-state index is 0.180. The lowest BCUT2D eigenvalue weighted by molar-refractivity contribution is 0.355. The third-order valence-electron chi connectivity index (χ3n) is 12.8. The Morgan fingerprint density at radius 1 is 0.412 bits per heavy atom. The summed E-state index contributed by atoms with van der Waals surface area (Å²) in [6.07, 6.45) is 25.8. The molecule has 284 valence electrons. The maximum atomic E-state index is 2.69. The van der Waals surface area contributed by atoms with Gasteiger partial charge in [-0.2, -0.15) is 0 Å². The van der Waals surface area contributed by atoms with Crippen LogP contribution in [-0.2, 0) is 24.7 Å². The normalized spacial score (nSPS) is 14.4. The summed E-state index contributed by atoms with van der Waals surface area (Å²) in [4.78, 5) is 0. The third-order valence-corrected chi connectivity index (χ3v) is 12.8. The highest BCUT2D eigenvalue weighted by Crippen LogP contribution is 2.49. The van der Waals surface area contributed by atoms with E-state index >= 15 is 0 Å². The number of rotatable bonds is 27. The second-order valence-corrected chi connectivity index (χ2v) is 16.3. The van der Waals surface area contributed by atoms with Crippen LogP contribution in [-0.4, -0.2) is 0 Å². The van der Waals surface area contributed by atoms with Crippen molar-refractivity contribution >= 4 is 0 Å². The van der Waals surface area contributed by atoms with Gasteiger partial charge in [0.05, 0.1) is 0 Å². The molecule has 0 aliphatic heterocycles. The van der Waals surface area contributed by atoms with Crippen molar-refractivity contribution in [2.24, 2.45) is 23.7 Å². The second kappa shape index (κ2) is 24.1. The Balaban J connectivity index is 2.49. The molecular formula is C51H80. The molecule has 3 aromatic rings. The molecule has 0 aliphatic carbocycles. The van der Waals surface area contributed by atoms with Crippen molar-refractivity contribution < 1.29 is 0 Å². The van der Waals surface area contributed by atoms with Gasteiger partial charge in [0.2, 0.25) is 0 Å². The Bertz CT molecular complexity index is 1260. The van der Waals surface area contributed by atoms with Crippen LogP contribution in [0.2, 0.25) is 0 Å². The Labute approximate surface area is 318 Å². The van der Waals surface area contributed by atoms with Gasteiger partial charge in [-0.1, -0.05) is 231 Å². The first kappa shape index (κ1) is 43.1. The molecule has 0 spiro atoms. The number of benzene rings is 3. The van der Waals surface area contributed by atoms with E-state index < -0.39 is 0 Å². The summed E-state index contributed by atoms with van der Waals surface area (Å²) in [5, 5.41) is 0. The molecule has 0 N–H and O–H groups in total. The Kier molecular flexibility index (Phi) is 20.3. The van der Waals surface area contributed by atoms with Gasteiger partial charge in [0.25, 0.3) is 0 Å². The molecule has 0 radical (unpaired) electrons. The highest BCUT2D eigenvalue weighted by molar-refractivity contribution is 5.56. The van der Waals surface area contributed by atoms with E-state index in [1.165, 1.54) is 140 Å². The second-order valence-electron chi connectivity index (χ2n) is 16.3. The van der Waals surface area contributed by atoms with E-state index in [4.69, 9.17) is 0 Å². The molecule has 0 aliphatic rings. The van der Waals surface area contributed by atoms with Crippen LogP contribution >= 0.6 is 0 Å². The van der Waals surface area contributed by atoms with Gasteiger partial charge in [-0.05, 0) is 82.7 Å².